The highest BCUT2D eigenvalue weighted by atomic mass is 79.9. The molecule has 5 rings (SSSR count). The summed E-state index contributed by atoms with van der Waals surface area (Å²) in [5.41, 5.74) is 4.35. The molecule has 0 aliphatic heterocycles. The first-order valence-electron chi connectivity index (χ1n) is 12.4. The summed E-state index contributed by atoms with van der Waals surface area (Å²) in [6, 6.07) is 22.7. The van der Waals surface area contributed by atoms with Crippen LogP contribution in [0.1, 0.15) is 61.5 Å². The lowest BCUT2D eigenvalue weighted by molar-refractivity contribution is -0.146. The van der Waals surface area contributed by atoms with Crippen molar-refractivity contribution in [3.8, 4) is 17.2 Å². The van der Waals surface area contributed by atoms with Gasteiger partial charge in [-0.05, 0) is 108 Å². The Morgan fingerprint density at radius 2 is 1.78 bits per heavy atom. The number of carbonyl (C=O) groups excluding carboxylic acids is 1. The average molecular weight is 624 g/mol. The van der Waals surface area contributed by atoms with Crippen LogP contribution in [-0.2, 0) is 22.6 Å². The van der Waals surface area contributed by atoms with Gasteiger partial charge >= 0.3 is 5.97 Å². The predicted octanol–water partition coefficient (Wildman–Crippen LogP) is 9.41. The molecule has 0 spiro atoms. The fourth-order valence-corrected chi connectivity index (χ4v) is 6.34. The van der Waals surface area contributed by atoms with E-state index in [-0.39, 0.29) is 18.0 Å². The Labute approximate surface area is 234 Å². The molecule has 0 heterocycles. The van der Waals surface area contributed by atoms with Crippen LogP contribution in [0.2, 0.25) is 0 Å². The molecule has 4 aromatic rings. The van der Waals surface area contributed by atoms with E-state index in [4.69, 9.17) is 14.2 Å². The van der Waals surface area contributed by atoms with E-state index >= 15 is 0 Å². The van der Waals surface area contributed by atoms with E-state index in [9.17, 15) is 4.79 Å². The minimum absolute atomic E-state index is 0.222. The third kappa shape index (κ3) is 5.55. The summed E-state index contributed by atoms with van der Waals surface area (Å²) >= 11 is 7.41. The molecule has 0 N–H and O–H groups in total. The van der Waals surface area contributed by atoms with Crippen molar-refractivity contribution in [1.29, 1.82) is 0 Å². The topological polar surface area (TPSA) is 44.8 Å². The Hall–Kier alpha value is -2.83. The summed E-state index contributed by atoms with van der Waals surface area (Å²) in [6.45, 7) is 6.24. The molecule has 4 aromatic carbocycles. The molecule has 0 bridgehead atoms. The van der Waals surface area contributed by atoms with Crippen LogP contribution in [0, 0.1) is 0 Å². The largest absolute Gasteiger partial charge is 0.489 e. The smallest absolute Gasteiger partial charge is 0.303 e. The van der Waals surface area contributed by atoms with E-state index < -0.39 is 0 Å². The van der Waals surface area contributed by atoms with Crippen molar-refractivity contribution in [3.05, 3.63) is 97.9 Å². The molecule has 0 saturated heterocycles. The molecule has 0 amide bonds. The summed E-state index contributed by atoms with van der Waals surface area (Å²) in [6.07, 6.45) is 1.36. The Morgan fingerprint density at radius 1 is 1.00 bits per heavy atom. The number of esters is 1. The number of hydrogen-bond acceptors (Lipinski definition) is 4. The Balaban J connectivity index is 1.37. The minimum atomic E-state index is -0.269. The third-order valence-electron chi connectivity index (χ3n) is 6.65. The lowest BCUT2D eigenvalue weighted by Gasteiger charge is -2.18. The van der Waals surface area contributed by atoms with E-state index in [0.717, 1.165) is 55.5 Å². The predicted molar refractivity (Wildman–Crippen MR) is 154 cm³/mol. The molecular formula is C31H28Br2O4. The van der Waals surface area contributed by atoms with Gasteiger partial charge in [-0.1, -0.05) is 50.2 Å². The number of hydrogen-bond donors (Lipinski definition) is 0. The van der Waals surface area contributed by atoms with Gasteiger partial charge in [0.2, 0.25) is 0 Å². The minimum Gasteiger partial charge on any atom is -0.489 e. The normalized spacial score (nSPS) is 14.6. The van der Waals surface area contributed by atoms with Crippen molar-refractivity contribution in [2.75, 3.05) is 0 Å². The van der Waals surface area contributed by atoms with E-state index in [1.54, 1.807) is 0 Å². The van der Waals surface area contributed by atoms with Gasteiger partial charge in [-0.25, -0.2) is 0 Å². The zero-order valence-electron chi connectivity index (χ0n) is 21.0. The van der Waals surface area contributed by atoms with Crippen molar-refractivity contribution in [2.45, 2.75) is 52.2 Å². The number of benzene rings is 4. The molecule has 1 atom stereocenters. The Bertz CT molecular complexity index is 1480. The summed E-state index contributed by atoms with van der Waals surface area (Å²) in [5, 5.41) is 2.43. The number of carbonyl (C=O) groups is 1. The maximum atomic E-state index is 11.5. The summed E-state index contributed by atoms with van der Waals surface area (Å²) in [4.78, 5) is 11.5. The summed E-state index contributed by atoms with van der Waals surface area (Å²) < 4.78 is 19.8. The van der Waals surface area contributed by atoms with E-state index in [1.807, 2.05) is 24.3 Å². The average Bonchev–Trinajstić information content (AvgIpc) is 3.27. The van der Waals surface area contributed by atoms with Gasteiger partial charge in [0.1, 0.15) is 24.2 Å². The molecule has 1 unspecified atom stereocenters. The lowest BCUT2D eigenvalue weighted by atomic mass is 10.0. The zero-order valence-corrected chi connectivity index (χ0v) is 24.2. The number of rotatable bonds is 7. The fourth-order valence-electron chi connectivity index (χ4n) is 4.83. The standard InChI is InChI=1S/C31H28Br2O4/c1-18(2)25-15-23(10-12-28(25)35-17-20-8-9-21-6-4-5-7-22(21)14-20)37-31-27(32)16-26-24(30(31)33)11-13-29(26)36-19(3)34/h4-10,12,14-16,18,29H,11,13,17H2,1-3H3. The first kappa shape index (κ1) is 25.8. The van der Waals surface area contributed by atoms with Gasteiger partial charge in [0.15, 0.2) is 5.75 Å². The SMILES string of the molecule is CC(=O)OC1CCc2c1cc(Br)c(Oc1ccc(OCc3ccc4ccccc4c3)c(C(C)C)c1)c2Br. The van der Waals surface area contributed by atoms with Gasteiger partial charge in [0.05, 0.1) is 8.95 Å². The second kappa shape index (κ2) is 10.9. The quantitative estimate of drug-likeness (QED) is 0.192. The highest BCUT2D eigenvalue weighted by Crippen LogP contribution is 2.47. The monoisotopic (exact) mass is 622 g/mol. The molecule has 6 heteroatoms. The molecule has 0 radical (unpaired) electrons. The second-order valence-corrected chi connectivity index (χ2v) is 11.3. The van der Waals surface area contributed by atoms with Crippen molar-refractivity contribution in [1.82, 2.24) is 0 Å². The summed E-state index contributed by atoms with van der Waals surface area (Å²) in [5.74, 6) is 2.28. The fraction of sp³-hybridized carbons (Fsp3) is 0.258. The molecule has 1 aliphatic carbocycles. The van der Waals surface area contributed by atoms with Gasteiger partial charge in [-0.15, -0.1) is 0 Å². The van der Waals surface area contributed by atoms with Crippen LogP contribution in [0.15, 0.2) is 75.7 Å². The maximum absolute atomic E-state index is 11.5. The maximum Gasteiger partial charge on any atom is 0.303 e. The summed E-state index contributed by atoms with van der Waals surface area (Å²) in [7, 11) is 0. The van der Waals surface area contributed by atoms with Crippen LogP contribution in [0.4, 0.5) is 0 Å². The Kier molecular flexibility index (Phi) is 7.59. The van der Waals surface area contributed by atoms with E-state index in [2.05, 4.69) is 88.2 Å². The number of fused-ring (bicyclic) bond motifs is 2. The van der Waals surface area contributed by atoms with Gasteiger partial charge in [-0.3, -0.25) is 4.79 Å². The van der Waals surface area contributed by atoms with Crippen LogP contribution in [0.5, 0.6) is 17.2 Å². The van der Waals surface area contributed by atoms with Gasteiger partial charge < -0.3 is 14.2 Å². The molecule has 0 saturated carbocycles. The first-order valence-corrected chi connectivity index (χ1v) is 14.0. The highest BCUT2D eigenvalue weighted by molar-refractivity contribution is 9.11. The van der Waals surface area contributed by atoms with Crippen molar-refractivity contribution < 1.29 is 19.0 Å². The van der Waals surface area contributed by atoms with Crippen LogP contribution in [0.3, 0.4) is 0 Å². The number of halogens is 2. The first-order chi connectivity index (χ1) is 17.8. The van der Waals surface area contributed by atoms with Gasteiger partial charge in [0.25, 0.3) is 0 Å². The van der Waals surface area contributed by atoms with Gasteiger partial charge in [0, 0.05) is 12.5 Å². The van der Waals surface area contributed by atoms with E-state index in [0.29, 0.717) is 12.4 Å². The highest BCUT2D eigenvalue weighted by Gasteiger charge is 2.30. The zero-order chi connectivity index (χ0) is 26.1. The van der Waals surface area contributed by atoms with Crippen LogP contribution in [-0.4, -0.2) is 5.97 Å². The van der Waals surface area contributed by atoms with E-state index in [1.165, 1.54) is 17.7 Å². The molecule has 1 aliphatic rings. The third-order valence-corrected chi connectivity index (χ3v) is 8.08. The van der Waals surface area contributed by atoms with Gasteiger partial charge in [-0.2, -0.15) is 0 Å². The molecule has 190 valence electrons. The second-order valence-electron chi connectivity index (χ2n) is 9.63. The van der Waals surface area contributed by atoms with Crippen molar-refractivity contribution in [3.63, 3.8) is 0 Å². The van der Waals surface area contributed by atoms with Crippen LogP contribution < -0.4 is 9.47 Å². The molecule has 4 nitrogen and oxygen atoms in total. The van der Waals surface area contributed by atoms with Crippen LogP contribution >= 0.6 is 31.9 Å². The number of ether oxygens (including phenoxy) is 3. The van der Waals surface area contributed by atoms with Crippen molar-refractivity contribution >= 4 is 48.6 Å². The molecule has 0 fully saturated rings. The molecular weight excluding hydrogens is 596 g/mol. The van der Waals surface area contributed by atoms with Crippen molar-refractivity contribution in [2.24, 2.45) is 0 Å². The van der Waals surface area contributed by atoms with Crippen LogP contribution in [0.25, 0.3) is 10.8 Å². The lowest BCUT2D eigenvalue weighted by Crippen LogP contribution is -2.05. The molecule has 0 aromatic heterocycles. The Morgan fingerprint density at radius 3 is 2.54 bits per heavy atom. The molecule has 37 heavy (non-hydrogen) atoms.